The van der Waals surface area contributed by atoms with Gasteiger partial charge in [0.1, 0.15) is 18.1 Å². The summed E-state index contributed by atoms with van der Waals surface area (Å²) in [5.41, 5.74) is 1.28. The van der Waals surface area contributed by atoms with Crippen molar-refractivity contribution in [2.24, 2.45) is 0 Å². The van der Waals surface area contributed by atoms with Crippen LogP contribution in [0.25, 0.3) is 5.76 Å². The van der Waals surface area contributed by atoms with E-state index in [-0.39, 0.29) is 11.3 Å². The lowest BCUT2D eigenvalue weighted by Gasteiger charge is -2.26. The van der Waals surface area contributed by atoms with Crippen LogP contribution in [0.5, 0.6) is 5.75 Å². The number of hydrogen-bond donors (Lipinski definition) is 1. The molecule has 6 heteroatoms. The Labute approximate surface area is 176 Å². The summed E-state index contributed by atoms with van der Waals surface area (Å²) in [4.78, 5) is 29.3. The molecule has 1 aliphatic rings. The second-order valence-corrected chi connectivity index (χ2v) is 7.33. The molecule has 0 aliphatic carbocycles. The number of likely N-dealkylation sites (N-methyl/N-ethyl adjacent to an activating group) is 1. The van der Waals surface area contributed by atoms with Crippen molar-refractivity contribution in [1.29, 1.82) is 0 Å². The van der Waals surface area contributed by atoms with Gasteiger partial charge in [0.25, 0.3) is 11.7 Å². The van der Waals surface area contributed by atoms with Gasteiger partial charge in [-0.15, -0.1) is 0 Å². The first-order chi connectivity index (χ1) is 14.4. The van der Waals surface area contributed by atoms with Crippen LogP contribution in [0.15, 0.2) is 72.8 Å². The Kier molecular flexibility index (Phi) is 6.69. The molecule has 1 atom stereocenters. The molecule has 0 bridgehead atoms. The Balaban J connectivity index is 2.11. The van der Waals surface area contributed by atoms with E-state index in [0.29, 0.717) is 36.6 Å². The molecule has 0 spiro atoms. The van der Waals surface area contributed by atoms with Crippen LogP contribution >= 0.6 is 0 Å². The summed E-state index contributed by atoms with van der Waals surface area (Å²) in [5.74, 6) is -0.872. The first-order valence-electron chi connectivity index (χ1n) is 9.76. The highest BCUT2D eigenvalue weighted by Crippen LogP contribution is 2.40. The molecule has 1 unspecified atom stereocenters. The highest BCUT2D eigenvalue weighted by atomic mass is 16.5. The first-order valence-corrected chi connectivity index (χ1v) is 9.76. The van der Waals surface area contributed by atoms with E-state index in [9.17, 15) is 14.7 Å². The zero-order valence-corrected chi connectivity index (χ0v) is 17.2. The predicted octanol–water partition coefficient (Wildman–Crippen LogP) is 3.23. The second-order valence-electron chi connectivity index (χ2n) is 7.33. The average molecular weight is 406 g/mol. The topological polar surface area (TPSA) is 70.1 Å². The third kappa shape index (κ3) is 4.44. The zero-order valence-electron chi connectivity index (χ0n) is 17.2. The molecular formula is C24H26N2O4. The summed E-state index contributed by atoms with van der Waals surface area (Å²) in [7, 11) is 3.80. The Morgan fingerprint density at radius 3 is 2.57 bits per heavy atom. The third-order valence-corrected chi connectivity index (χ3v) is 4.92. The molecule has 0 aromatic heterocycles. The van der Waals surface area contributed by atoms with Crippen LogP contribution in [0.4, 0.5) is 0 Å². The maximum Gasteiger partial charge on any atom is 0.295 e. The lowest BCUT2D eigenvalue weighted by molar-refractivity contribution is -0.140. The molecule has 0 saturated carbocycles. The molecule has 0 radical (unpaired) electrons. The van der Waals surface area contributed by atoms with E-state index in [0.717, 1.165) is 0 Å². The number of carbonyl (C=O) groups excluding carboxylic acids is 2. The van der Waals surface area contributed by atoms with Gasteiger partial charge >= 0.3 is 0 Å². The van der Waals surface area contributed by atoms with Gasteiger partial charge in [0.15, 0.2) is 0 Å². The summed E-state index contributed by atoms with van der Waals surface area (Å²) in [6.45, 7) is 4.93. The summed E-state index contributed by atoms with van der Waals surface area (Å²) in [5, 5.41) is 11.0. The van der Waals surface area contributed by atoms with Crippen LogP contribution in [-0.4, -0.2) is 60.4 Å². The fourth-order valence-electron chi connectivity index (χ4n) is 3.45. The molecule has 2 aromatic carbocycles. The Hall–Kier alpha value is -3.38. The smallest absolute Gasteiger partial charge is 0.295 e. The SMILES string of the molecule is C=CCOc1cccc(C2/C(=C(/O)c3ccccc3)C(=O)C(=O)N2CCN(C)C)c1. The molecule has 1 heterocycles. The van der Waals surface area contributed by atoms with E-state index in [4.69, 9.17) is 4.74 Å². The zero-order chi connectivity index (χ0) is 21.7. The standard InChI is InChI=1S/C24H26N2O4/c1-4-15-30-19-12-8-11-18(16-19)21-20(22(27)17-9-6-5-7-10-17)23(28)24(29)26(21)14-13-25(2)3/h4-12,16,21,27H,1,13-15H2,2-3H3/b22-20-. The Bertz CT molecular complexity index is 966. The van der Waals surface area contributed by atoms with Gasteiger partial charge in [-0.2, -0.15) is 0 Å². The third-order valence-electron chi connectivity index (χ3n) is 4.92. The van der Waals surface area contributed by atoms with Gasteiger partial charge in [-0.1, -0.05) is 55.1 Å². The van der Waals surface area contributed by atoms with Crippen molar-refractivity contribution >= 4 is 17.4 Å². The van der Waals surface area contributed by atoms with E-state index in [1.807, 2.05) is 37.2 Å². The van der Waals surface area contributed by atoms with Crippen LogP contribution < -0.4 is 4.74 Å². The minimum atomic E-state index is -0.697. The quantitative estimate of drug-likeness (QED) is 0.315. The fourth-order valence-corrected chi connectivity index (χ4v) is 3.45. The molecule has 1 amide bonds. The highest BCUT2D eigenvalue weighted by molar-refractivity contribution is 6.46. The van der Waals surface area contributed by atoms with Gasteiger partial charge in [0.05, 0.1) is 11.6 Å². The number of ether oxygens (including phenoxy) is 1. The summed E-state index contributed by atoms with van der Waals surface area (Å²) in [6.07, 6.45) is 1.64. The monoisotopic (exact) mass is 406 g/mol. The minimum Gasteiger partial charge on any atom is -0.507 e. The number of likely N-dealkylation sites (tertiary alicyclic amines) is 1. The molecule has 2 aromatic rings. The van der Waals surface area contributed by atoms with E-state index in [1.54, 1.807) is 42.5 Å². The molecule has 3 rings (SSSR count). The van der Waals surface area contributed by atoms with Crippen molar-refractivity contribution < 1.29 is 19.4 Å². The van der Waals surface area contributed by atoms with Gasteiger partial charge in [-0.3, -0.25) is 9.59 Å². The predicted molar refractivity (Wildman–Crippen MR) is 116 cm³/mol. The van der Waals surface area contributed by atoms with Crippen molar-refractivity contribution in [2.45, 2.75) is 6.04 Å². The lowest BCUT2D eigenvalue weighted by Crippen LogP contribution is -2.35. The van der Waals surface area contributed by atoms with E-state index in [1.165, 1.54) is 4.90 Å². The molecule has 1 N–H and O–H groups in total. The number of Topliss-reactive ketones (excluding diaryl/α,β-unsaturated/α-hetero) is 1. The second kappa shape index (κ2) is 9.41. The summed E-state index contributed by atoms with van der Waals surface area (Å²) < 4.78 is 5.63. The van der Waals surface area contributed by atoms with Gasteiger partial charge in [-0.05, 0) is 31.8 Å². The Morgan fingerprint density at radius 1 is 1.17 bits per heavy atom. The largest absolute Gasteiger partial charge is 0.507 e. The van der Waals surface area contributed by atoms with Gasteiger partial charge < -0.3 is 19.6 Å². The van der Waals surface area contributed by atoms with Crippen molar-refractivity contribution in [3.05, 3.63) is 84.0 Å². The molecular weight excluding hydrogens is 380 g/mol. The molecule has 1 fully saturated rings. The van der Waals surface area contributed by atoms with Crippen molar-refractivity contribution in [3.8, 4) is 5.75 Å². The van der Waals surface area contributed by atoms with Crippen LogP contribution in [0.1, 0.15) is 17.2 Å². The number of aliphatic hydroxyl groups excluding tert-OH is 1. The van der Waals surface area contributed by atoms with Crippen molar-refractivity contribution in [2.75, 3.05) is 33.8 Å². The van der Waals surface area contributed by atoms with Gasteiger partial charge in [0.2, 0.25) is 0 Å². The number of nitrogens with zero attached hydrogens (tertiary/aromatic N) is 2. The van der Waals surface area contributed by atoms with Crippen LogP contribution in [0, 0.1) is 0 Å². The number of aliphatic hydroxyl groups is 1. The maximum atomic E-state index is 12.9. The minimum absolute atomic E-state index is 0.0887. The Morgan fingerprint density at radius 2 is 1.90 bits per heavy atom. The summed E-state index contributed by atoms with van der Waals surface area (Å²) >= 11 is 0. The average Bonchev–Trinajstić information content (AvgIpc) is 3.01. The number of carbonyl (C=O) groups is 2. The number of rotatable bonds is 8. The van der Waals surface area contributed by atoms with Crippen LogP contribution in [-0.2, 0) is 9.59 Å². The molecule has 1 aliphatic heterocycles. The number of benzene rings is 2. The van der Waals surface area contributed by atoms with Crippen molar-refractivity contribution in [1.82, 2.24) is 9.80 Å². The molecule has 30 heavy (non-hydrogen) atoms. The van der Waals surface area contributed by atoms with Crippen LogP contribution in [0.3, 0.4) is 0 Å². The normalized spacial score (nSPS) is 18.1. The van der Waals surface area contributed by atoms with Crippen LogP contribution in [0.2, 0.25) is 0 Å². The molecule has 6 nitrogen and oxygen atoms in total. The van der Waals surface area contributed by atoms with E-state index >= 15 is 0 Å². The molecule has 156 valence electrons. The van der Waals surface area contributed by atoms with Gasteiger partial charge in [-0.25, -0.2) is 0 Å². The maximum absolute atomic E-state index is 12.9. The van der Waals surface area contributed by atoms with Gasteiger partial charge in [0, 0.05) is 18.7 Å². The first kappa shape index (κ1) is 21.3. The van der Waals surface area contributed by atoms with E-state index < -0.39 is 17.7 Å². The number of hydrogen-bond acceptors (Lipinski definition) is 5. The fraction of sp³-hybridized carbons (Fsp3) is 0.250. The lowest BCUT2D eigenvalue weighted by atomic mass is 9.95. The van der Waals surface area contributed by atoms with Crippen molar-refractivity contribution in [3.63, 3.8) is 0 Å². The molecule has 1 saturated heterocycles. The van der Waals surface area contributed by atoms with E-state index in [2.05, 4.69) is 6.58 Å². The number of ketones is 1. The number of amides is 1. The highest BCUT2D eigenvalue weighted by Gasteiger charge is 2.45. The summed E-state index contributed by atoms with van der Waals surface area (Å²) in [6, 6.07) is 15.3.